The number of unbranched alkanes of at least 4 members (excludes halogenated alkanes) is 4. The Labute approximate surface area is 118 Å². The van der Waals surface area contributed by atoms with Gasteiger partial charge in [0, 0.05) is 24.1 Å². The van der Waals surface area contributed by atoms with E-state index >= 15 is 0 Å². The minimum absolute atomic E-state index is 0.646. The number of hydrogen-bond acceptors (Lipinski definition) is 1. The van der Waals surface area contributed by atoms with Gasteiger partial charge in [-0.15, -0.1) is 0 Å². The van der Waals surface area contributed by atoms with E-state index in [-0.39, 0.29) is 0 Å². The van der Waals surface area contributed by atoms with Gasteiger partial charge in [0.2, 0.25) is 0 Å². The summed E-state index contributed by atoms with van der Waals surface area (Å²) in [5.74, 6) is 0. The molecule has 1 aromatic heterocycles. The van der Waals surface area contributed by atoms with Gasteiger partial charge in [0.1, 0.15) is 6.54 Å². The zero-order valence-electron chi connectivity index (χ0n) is 12.6. The van der Waals surface area contributed by atoms with Crippen LogP contribution in [0, 0.1) is 0 Å². The normalized spacial score (nSPS) is 20.0. The summed E-state index contributed by atoms with van der Waals surface area (Å²) in [5.41, 5.74) is 1.50. The topological polar surface area (TPSA) is 7.12 Å². The van der Waals surface area contributed by atoms with Crippen LogP contribution in [0.2, 0.25) is 0 Å². The molecule has 1 saturated heterocycles. The molecule has 0 aliphatic carbocycles. The first kappa shape index (κ1) is 14.5. The molecule has 1 fully saturated rings. The number of pyridine rings is 1. The van der Waals surface area contributed by atoms with Crippen molar-refractivity contribution in [3.05, 3.63) is 30.1 Å². The summed E-state index contributed by atoms with van der Waals surface area (Å²) in [7, 11) is 2.25. The van der Waals surface area contributed by atoms with E-state index in [1.54, 1.807) is 0 Å². The van der Waals surface area contributed by atoms with Crippen molar-refractivity contribution in [2.75, 3.05) is 13.6 Å². The van der Waals surface area contributed by atoms with Crippen LogP contribution < -0.4 is 4.57 Å². The molecule has 2 heterocycles. The number of rotatable bonds is 7. The Morgan fingerprint density at radius 1 is 1.26 bits per heavy atom. The van der Waals surface area contributed by atoms with E-state index in [4.69, 9.17) is 0 Å². The number of hydrogen-bond donors (Lipinski definition) is 0. The Bertz CT molecular complexity index is 375. The van der Waals surface area contributed by atoms with Gasteiger partial charge in [-0.05, 0) is 38.9 Å². The number of likely N-dealkylation sites (tertiary alicyclic amines) is 1. The second kappa shape index (κ2) is 7.64. The van der Waals surface area contributed by atoms with Crippen LogP contribution in [0.15, 0.2) is 24.5 Å². The molecule has 1 aliphatic rings. The smallest absolute Gasteiger partial charge is 0.173 e. The van der Waals surface area contributed by atoms with Crippen molar-refractivity contribution in [2.45, 2.75) is 64.5 Å². The summed E-state index contributed by atoms with van der Waals surface area (Å²) in [6.45, 7) is 4.70. The minimum atomic E-state index is 0.646. The first-order valence-electron chi connectivity index (χ1n) is 8.00. The molecular formula is C17H29N2+. The molecule has 0 radical (unpaired) electrons. The molecule has 1 atom stereocenters. The van der Waals surface area contributed by atoms with Gasteiger partial charge in [0.15, 0.2) is 12.4 Å². The van der Waals surface area contributed by atoms with Gasteiger partial charge in [-0.2, -0.15) is 0 Å². The predicted octanol–water partition coefficient (Wildman–Crippen LogP) is 3.71. The fourth-order valence-electron chi connectivity index (χ4n) is 3.11. The fraction of sp³-hybridized carbons (Fsp3) is 0.706. The molecule has 1 aromatic rings. The molecule has 0 unspecified atom stereocenters. The summed E-state index contributed by atoms with van der Waals surface area (Å²) in [6.07, 6.45) is 14.0. The molecule has 0 saturated carbocycles. The van der Waals surface area contributed by atoms with Crippen LogP contribution in [-0.2, 0) is 6.54 Å². The number of aryl methyl sites for hydroxylation is 1. The lowest BCUT2D eigenvalue weighted by molar-refractivity contribution is -0.697. The highest BCUT2D eigenvalue weighted by molar-refractivity contribution is 5.12. The second-order valence-electron chi connectivity index (χ2n) is 5.93. The summed E-state index contributed by atoms with van der Waals surface area (Å²) in [6, 6.07) is 5.15. The Morgan fingerprint density at radius 2 is 2.11 bits per heavy atom. The Morgan fingerprint density at radius 3 is 2.84 bits per heavy atom. The van der Waals surface area contributed by atoms with Crippen molar-refractivity contribution in [1.29, 1.82) is 0 Å². The zero-order valence-corrected chi connectivity index (χ0v) is 12.6. The van der Waals surface area contributed by atoms with Crippen molar-refractivity contribution in [3.8, 4) is 0 Å². The van der Waals surface area contributed by atoms with Crippen LogP contribution in [0.3, 0.4) is 0 Å². The molecule has 0 amide bonds. The predicted molar refractivity (Wildman–Crippen MR) is 80.0 cm³/mol. The maximum Gasteiger partial charge on any atom is 0.173 e. The summed E-state index contributed by atoms with van der Waals surface area (Å²) in [5, 5.41) is 0. The molecule has 2 rings (SSSR count). The van der Waals surface area contributed by atoms with E-state index in [1.165, 1.54) is 63.6 Å². The van der Waals surface area contributed by atoms with E-state index in [0.29, 0.717) is 6.04 Å². The van der Waals surface area contributed by atoms with Crippen LogP contribution in [0.5, 0.6) is 0 Å². The molecule has 0 aromatic carbocycles. The van der Waals surface area contributed by atoms with Crippen LogP contribution >= 0.6 is 0 Å². The first-order valence-corrected chi connectivity index (χ1v) is 8.00. The lowest BCUT2D eigenvalue weighted by Gasteiger charge is -2.18. The van der Waals surface area contributed by atoms with E-state index in [9.17, 15) is 0 Å². The minimum Gasteiger partial charge on any atom is -0.299 e. The fourth-order valence-corrected chi connectivity index (χ4v) is 3.11. The van der Waals surface area contributed by atoms with Crippen LogP contribution in [0.1, 0.15) is 63.5 Å². The van der Waals surface area contributed by atoms with Gasteiger partial charge in [0.25, 0.3) is 0 Å². The molecule has 19 heavy (non-hydrogen) atoms. The van der Waals surface area contributed by atoms with Crippen LogP contribution in [0.25, 0.3) is 0 Å². The summed E-state index contributed by atoms with van der Waals surface area (Å²) >= 11 is 0. The second-order valence-corrected chi connectivity index (χ2v) is 5.93. The largest absolute Gasteiger partial charge is 0.299 e. The van der Waals surface area contributed by atoms with Crippen molar-refractivity contribution >= 4 is 0 Å². The lowest BCUT2D eigenvalue weighted by Crippen LogP contribution is -2.34. The van der Waals surface area contributed by atoms with E-state index in [2.05, 4.69) is 48.0 Å². The quantitative estimate of drug-likeness (QED) is 0.536. The molecule has 0 spiro atoms. The van der Waals surface area contributed by atoms with Crippen molar-refractivity contribution in [1.82, 2.24) is 4.90 Å². The van der Waals surface area contributed by atoms with E-state index < -0.39 is 0 Å². The number of aromatic nitrogens is 1. The molecule has 1 aliphatic heterocycles. The van der Waals surface area contributed by atoms with E-state index in [0.717, 1.165) is 0 Å². The Balaban J connectivity index is 1.85. The van der Waals surface area contributed by atoms with Gasteiger partial charge in [0.05, 0.1) is 0 Å². The molecule has 2 nitrogen and oxygen atoms in total. The molecule has 0 bridgehead atoms. The first-order chi connectivity index (χ1) is 9.31. The highest BCUT2D eigenvalue weighted by Gasteiger charge is 2.24. The van der Waals surface area contributed by atoms with Crippen molar-refractivity contribution in [2.24, 2.45) is 0 Å². The zero-order chi connectivity index (χ0) is 13.5. The van der Waals surface area contributed by atoms with E-state index in [1.807, 2.05) is 0 Å². The van der Waals surface area contributed by atoms with Crippen LogP contribution in [-0.4, -0.2) is 18.5 Å². The number of nitrogens with zero attached hydrogens (tertiary/aromatic N) is 2. The highest BCUT2D eigenvalue weighted by Crippen LogP contribution is 2.29. The Kier molecular flexibility index (Phi) is 5.84. The summed E-state index contributed by atoms with van der Waals surface area (Å²) in [4.78, 5) is 2.49. The third kappa shape index (κ3) is 4.31. The van der Waals surface area contributed by atoms with Gasteiger partial charge in [-0.1, -0.05) is 26.2 Å². The van der Waals surface area contributed by atoms with Gasteiger partial charge in [-0.25, -0.2) is 4.57 Å². The maximum atomic E-state index is 2.49. The lowest BCUT2D eigenvalue weighted by atomic mass is 10.1. The highest BCUT2D eigenvalue weighted by atomic mass is 15.1. The molecule has 106 valence electrons. The standard InChI is InChI=1S/C17H29N2/c1-3-4-5-6-7-13-19-14-8-10-16(15-19)17-11-9-12-18(17)2/h8,10,14-15,17H,3-7,9,11-13H2,1-2H3/q+1/t17-/m0/s1. The van der Waals surface area contributed by atoms with Crippen molar-refractivity contribution < 1.29 is 4.57 Å². The Hall–Kier alpha value is -0.890. The van der Waals surface area contributed by atoms with Crippen LogP contribution in [0.4, 0.5) is 0 Å². The van der Waals surface area contributed by atoms with Gasteiger partial charge in [-0.3, -0.25) is 4.90 Å². The van der Waals surface area contributed by atoms with Gasteiger partial charge < -0.3 is 0 Å². The average molecular weight is 261 g/mol. The summed E-state index contributed by atoms with van der Waals surface area (Å²) < 4.78 is 2.38. The third-order valence-electron chi connectivity index (χ3n) is 4.31. The van der Waals surface area contributed by atoms with Gasteiger partial charge >= 0.3 is 0 Å². The monoisotopic (exact) mass is 261 g/mol. The SMILES string of the molecule is CCCCCCC[n+]1cccc([C@@H]2CCCN2C)c1. The molecule has 2 heteroatoms. The molecule has 0 N–H and O–H groups in total. The third-order valence-corrected chi connectivity index (χ3v) is 4.31. The van der Waals surface area contributed by atoms with Crippen molar-refractivity contribution in [3.63, 3.8) is 0 Å². The maximum absolute atomic E-state index is 2.49. The average Bonchev–Trinajstić information content (AvgIpc) is 2.85. The molecular weight excluding hydrogens is 232 g/mol.